The third-order valence-electron chi connectivity index (χ3n) is 12.2. The summed E-state index contributed by atoms with van der Waals surface area (Å²) in [6, 6.07) is 7.73. The van der Waals surface area contributed by atoms with Crippen molar-refractivity contribution in [2.24, 2.45) is 34.0 Å². The van der Waals surface area contributed by atoms with E-state index in [9.17, 15) is 30.0 Å². The fraction of sp³-hybridized carbons (Fsp3) is 0.583. The molecule has 3 saturated carbocycles. The van der Waals surface area contributed by atoms with Crippen LogP contribution < -0.4 is 4.74 Å². The Hall–Kier alpha value is -3.43. The topological polar surface area (TPSA) is 142 Å². The van der Waals surface area contributed by atoms with Gasteiger partial charge in [0.05, 0.1) is 38.0 Å². The zero-order valence-electron chi connectivity index (χ0n) is 26.3. The van der Waals surface area contributed by atoms with E-state index in [4.69, 9.17) is 4.74 Å². The van der Waals surface area contributed by atoms with E-state index in [0.717, 1.165) is 42.5 Å². The van der Waals surface area contributed by atoms with E-state index < -0.39 is 40.4 Å². The molecule has 0 aliphatic heterocycles. The van der Waals surface area contributed by atoms with Crippen molar-refractivity contribution < 1.29 is 34.8 Å². The second-order valence-corrected chi connectivity index (χ2v) is 14.4. The summed E-state index contributed by atoms with van der Waals surface area (Å²) in [4.78, 5) is 29.1. The Morgan fingerprint density at radius 1 is 1.11 bits per heavy atom. The standard InChI is InChI=1S/C36H46N2O7/c1-34-10-9-29-28(8-7-24-17-26(39)19-31(40)35(24,29)2)30(34)18-25(36(34,20-32(41)42)21-33(43)44)15-23-5-3-6-27(16-23)45-14-4-12-38-13-11-37-22-38/h3,5-7,11,13,15-16,22,26,28-31,39-40H,4,8-10,12,14,17-21H2,1-2H3,(H,41,42)(H,43,44)/t26?,28-,29-,30+,31?,34+,35+/m1/s1. The lowest BCUT2D eigenvalue weighted by atomic mass is 9.44. The number of benzene rings is 1. The molecule has 9 nitrogen and oxygen atoms in total. The van der Waals surface area contributed by atoms with Crippen molar-refractivity contribution >= 4 is 18.0 Å². The maximum absolute atomic E-state index is 12.5. The van der Waals surface area contributed by atoms with E-state index >= 15 is 0 Å². The highest BCUT2D eigenvalue weighted by molar-refractivity contribution is 5.76. The van der Waals surface area contributed by atoms with Crippen molar-refractivity contribution in [1.29, 1.82) is 0 Å². The van der Waals surface area contributed by atoms with Crippen LogP contribution >= 0.6 is 0 Å². The van der Waals surface area contributed by atoms with Gasteiger partial charge < -0.3 is 29.7 Å². The number of aryl methyl sites for hydroxylation is 1. The van der Waals surface area contributed by atoms with E-state index in [1.165, 1.54) is 0 Å². The van der Waals surface area contributed by atoms with Gasteiger partial charge >= 0.3 is 11.9 Å². The number of ether oxygens (including phenoxy) is 1. The third-order valence-corrected chi connectivity index (χ3v) is 12.2. The van der Waals surface area contributed by atoms with Crippen molar-refractivity contribution in [3.8, 4) is 5.75 Å². The van der Waals surface area contributed by atoms with E-state index in [-0.39, 0.29) is 30.6 Å². The molecule has 3 fully saturated rings. The average molecular weight is 619 g/mol. The molecule has 0 radical (unpaired) electrons. The number of aromatic nitrogens is 2. The lowest BCUT2D eigenvalue weighted by molar-refractivity contribution is -0.152. The molecule has 4 N–H and O–H groups in total. The Morgan fingerprint density at radius 3 is 2.60 bits per heavy atom. The number of carboxylic acid groups (broad SMARTS) is 2. The number of aliphatic hydroxyl groups excluding tert-OH is 2. The van der Waals surface area contributed by atoms with E-state index in [2.05, 4.69) is 24.9 Å². The first-order valence-corrected chi connectivity index (χ1v) is 16.3. The largest absolute Gasteiger partial charge is 0.494 e. The van der Waals surface area contributed by atoms with Crippen LogP contribution in [0, 0.1) is 34.0 Å². The number of nitrogens with zero attached hydrogens (tertiary/aromatic N) is 2. The van der Waals surface area contributed by atoms with E-state index in [1.54, 1.807) is 12.5 Å². The monoisotopic (exact) mass is 618 g/mol. The number of aliphatic carboxylic acids is 2. The molecule has 2 aromatic rings. The summed E-state index contributed by atoms with van der Waals surface area (Å²) < 4.78 is 8.06. The number of aliphatic hydroxyl groups is 2. The summed E-state index contributed by atoms with van der Waals surface area (Å²) >= 11 is 0. The van der Waals surface area contributed by atoms with Crippen LogP contribution in [0.25, 0.3) is 6.08 Å². The van der Waals surface area contributed by atoms with Gasteiger partial charge in [-0.15, -0.1) is 0 Å². The SMILES string of the molecule is C[C@]12CC[C@@H]3[C@@H](CC=C4CC(O)CC(O)[C@@]43C)[C@@H]1CC(=Cc1cccc(OCCCn3ccnc3)c1)C2(CC(=O)O)CC(=O)O. The van der Waals surface area contributed by atoms with Crippen LogP contribution in [0.1, 0.15) is 77.2 Å². The van der Waals surface area contributed by atoms with E-state index in [0.29, 0.717) is 38.0 Å². The van der Waals surface area contributed by atoms with E-state index in [1.807, 2.05) is 41.1 Å². The molecule has 9 heteroatoms. The first-order valence-electron chi connectivity index (χ1n) is 16.3. The van der Waals surface area contributed by atoms with Gasteiger partial charge in [-0.25, -0.2) is 4.98 Å². The van der Waals surface area contributed by atoms with Crippen LogP contribution in [0.5, 0.6) is 5.75 Å². The maximum atomic E-state index is 12.5. The van der Waals surface area contributed by atoms with Crippen molar-refractivity contribution in [3.63, 3.8) is 0 Å². The molecule has 0 amide bonds. The molecular formula is C36H46N2O7. The van der Waals surface area contributed by atoms with Crippen LogP contribution in [0.4, 0.5) is 0 Å². The Morgan fingerprint density at radius 2 is 1.89 bits per heavy atom. The second-order valence-electron chi connectivity index (χ2n) is 14.4. The summed E-state index contributed by atoms with van der Waals surface area (Å²) in [6.07, 6.45) is 12.6. The van der Waals surface area contributed by atoms with Crippen LogP contribution in [0.3, 0.4) is 0 Å². The van der Waals surface area contributed by atoms with Gasteiger partial charge in [0.2, 0.25) is 0 Å². The number of hydrogen-bond acceptors (Lipinski definition) is 6. The van der Waals surface area contributed by atoms with Crippen molar-refractivity contribution in [2.45, 2.75) is 90.4 Å². The molecule has 242 valence electrons. The lowest BCUT2D eigenvalue weighted by Crippen LogP contribution is -2.57. The molecule has 4 aliphatic carbocycles. The molecule has 6 rings (SSSR count). The number of rotatable bonds is 10. The molecule has 2 unspecified atom stereocenters. The summed E-state index contributed by atoms with van der Waals surface area (Å²) in [5.41, 5.74) is 0.856. The Balaban J connectivity index is 1.33. The van der Waals surface area contributed by atoms with Crippen LogP contribution in [0.15, 0.2) is 60.2 Å². The van der Waals surface area contributed by atoms with Crippen molar-refractivity contribution in [2.75, 3.05) is 6.61 Å². The van der Waals surface area contributed by atoms with Gasteiger partial charge in [0.25, 0.3) is 0 Å². The van der Waals surface area contributed by atoms with Gasteiger partial charge in [0.1, 0.15) is 5.75 Å². The summed E-state index contributed by atoms with van der Waals surface area (Å²) in [6.45, 7) is 5.60. The highest BCUT2D eigenvalue weighted by atomic mass is 16.5. The lowest BCUT2D eigenvalue weighted by Gasteiger charge is -2.60. The quantitative estimate of drug-likeness (QED) is 0.200. The molecule has 7 atom stereocenters. The zero-order valence-corrected chi connectivity index (χ0v) is 26.3. The number of allylic oxidation sites excluding steroid dienone is 2. The number of fused-ring (bicyclic) bond motifs is 5. The smallest absolute Gasteiger partial charge is 0.304 e. The highest BCUT2D eigenvalue weighted by Crippen LogP contribution is 2.73. The number of imidazole rings is 1. The Labute approximate surface area is 264 Å². The normalized spacial score (nSPS) is 34.4. The summed E-state index contributed by atoms with van der Waals surface area (Å²) in [5.74, 6) is -0.835. The molecule has 0 spiro atoms. The van der Waals surface area contributed by atoms with Crippen LogP contribution in [-0.4, -0.2) is 60.7 Å². The highest BCUT2D eigenvalue weighted by Gasteiger charge is 2.67. The molecule has 45 heavy (non-hydrogen) atoms. The minimum atomic E-state index is -1.05. The summed E-state index contributed by atoms with van der Waals surface area (Å²) in [5, 5.41) is 42.2. The predicted octanol–water partition coefficient (Wildman–Crippen LogP) is 5.58. The van der Waals surface area contributed by atoms with Gasteiger partial charge in [-0.3, -0.25) is 9.59 Å². The maximum Gasteiger partial charge on any atom is 0.304 e. The molecular weight excluding hydrogens is 572 g/mol. The fourth-order valence-corrected chi connectivity index (χ4v) is 9.95. The molecule has 1 aromatic heterocycles. The minimum absolute atomic E-state index is 0.0671. The van der Waals surface area contributed by atoms with Crippen LogP contribution in [0.2, 0.25) is 0 Å². The van der Waals surface area contributed by atoms with Gasteiger partial charge in [0.15, 0.2) is 0 Å². The summed E-state index contributed by atoms with van der Waals surface area (Å²) in [7, 11) is 0. The minimum Gasteiger partial charge on any atom is -0.494 e. The van der Waals surface area contributed by atoms with Gasteiger partial charge in [-0.2, -0.15) is 0 Å². The first-order chi connectivity index (χ1) is 21.5. The molecule has 0 bridgehead atoms. The van der Waals surface area contributed by atoms with Crippen molar-refractivity contribution in [1.82, 2.24) is 9.55 Å². The van der Waals surface area contributed by atoms with Crippen molar-refractivity contribution in [3.05, 3.63) is 65.8 Å². The fourth-order valence-electron chi connectivity index (χ4n) is 9.95. The van der Waals surface area contributed by atoms with Gasteiger partial charge in [-0.1, -0.05) is 49.3 Å². The first kappa shape index (κ1) is 31.5. The molecule has 1 aromatic carbocycles. The second kappa shape index (κ2) is 12.1. The Kier molecular flexibility index (Phi) is 8.46. The third kappa shape index (κ3) is 5.52. The van der Waals surface area contributed by atoms with Gasteiger partial charge in [0, 0.05) is 36.2 Å². The number of hydrogen-bond donors (Lipinski definition) is 4. The molecule has 1 heterocycles. The Bertz CT molecular complexity index is 1470. The molecule has 0 saturated heterocycles. The number of carboxylic acids is 2. The predicted molar refractivity (Wildman–Crippen MR) is 168 cm³/mol. The van der Waals surface area contributed by atoms with Crippen LogP contribution in [-0.2, 0) is 16.1 Å². The average Bonchev–Trinajstić information content (AvgIpc) is 3.57. The zero-order chi connectivity index (χ0) is 32.0. The molecule has 4 aliphatic rings. The van der Waals surface area contributed by atoms with Gasteiger partial charge in [-0.05, 0) is 79.4 Å². The number of carbonyl (C=O) groups is 2.